The minimum absolute atomic E-state index is 0.193. The number of Topliss-reactive ketones (excluding diaryl/α,β-unsaturated/α-hetero) is 1. The number of benzene rings is 1. The number of alkyl halides is 3. The molecule has 0 saturated carbocycles. The quantitative estimate of drug-likeness (QED) is 0.867. The molecule has 7 heteroatoms. The molecule has 0 fully saturated rings. The van der Waals surface area contributed by atoms with Crippen LogP contribution >= 0.6 is 0 Å². The van der Waals surface area contributed by atoms with E-state index < -0.39 is 29.5 Å². The largest absolute Gasteiger partial charge is 0.419 e. The van der Waals surface area contributed by atoms with Gasteiger partial charge < -0.3 is 5.32 Å². The monoisotopic (exact) mass is 291 g/mol. The van der Waals surface area contributed by atoms with Gasteiger partial charge in [0.05, 0.1) is 11.6 Å². The molecule has 0 aliphatic carbocycles. The average Bonchev–Trinajstić information content (AvgIpc) is 2.36. The Morgan fingerprint density at radius 2 is 1.90 bits per heavy atom. The van der Waals surface area contributed by atoms with Crippen LogP contribution in [0.1, 0.15) is 36.2 Å². The number of rotatable bonds is 4. The summed E-state index contributed by atoms with van der Waals surface area (Å²) in [6.45, 7) is 3.03. The minimum atomic E-state index is -4.88. The van der Waals surface area contributed by atoms with Gasteiger partial charge in [-0.05, 0) is 25.1 Å². The van der Waals surface area contributed by atoms with E-state index >= 15 is 0 Å². The lowest BCUT2D eigenvalue weighted by Crippen LogP contribution is -2.38. The molecule has 1 aromatic rings. The van der Waals surface area contributed by atoms with Crippen molar-refractivity contribution in [3.05, 3.63) is 35.1 Å². The van der Waals surface area contributed by atoms with Gasteiger partial charge in [0.15, 0.2) is 5.78 Å². The second-order valence-corrected chi connectivity index (χ2v) is 4.21. The van der Waals surface area contributed by atoms with Crippen LogP contribution in [0.25, 0.3) is 0 Å². The van der Waals surface area contributed by atoms with E-state index in [2.05, 4.69) is 5.32 Å². The predicted octanol–water partition coefficient (Wildman–Crippen LogP) is 2.94. The van der Waals surface area contributed by atoms with E-state index in [0.29, 0.717) is 12.1 Å². The van der Waals surface area contributed by atoms with E-state index in [-0.39, 0.29) is 17.8 Å². The van der Waals surface area contributed by atoms with Gasteiger partial charge in [0.2, 0.25) is 0 Å². The highest BCUT2D eigenvalue weighted by Crippen LogP contribution is 2.31. The van der Waals surface area contributed by atoms with Crippen LogP contribution in [-0.2, 0) is 11.0 Å². The molecule has 1 rings (SSSR count). The summed E-state index contributed by atoms with van der Waals surface area (Å²) in [5.41, 5.74) is -1.87. The fourth-order valence-electron chi connectivity index (χ4n) is 1.55. The van der Waals surface area contributed by atoms with Gasteiger partial charge in [-0.1, -0.05) is 6.92 Å². The van der Waals surface area contributed by atoms with Crippen LogP contribution in [-0.4, -0.2) is 17.7 Å². The summed E-state index contributed by atoms with van der Waals surface area (Å²) in [5.74, 6) is -2.56. The molecular weight excluding hydrogens is 278 g/mol. The summed E-state index contributed by atoms with van der Waals surface area (Å²) in [7, 11) is 0. The highest BCUT2D eigenvalue weighted by atomic mass is 19.4. The first-order chi connectivity index (χ1) is 9.16. The molecule has 0 aliphatic heterocycles. The summed E-state index contributed by atoms with van der Waals surface area (Å²) in [6.07, 6.45) is -4.69. The topological polar surface area (TPSA) is 46.2 Å². The van der Waals surface area contributed by atoms with Gasteiger partial charge in [0.1, 0.15) is 5.82 Å². The van der Waals surface area contributed by atoms with Crippen molar-refractivity contribution < 1.29 is 27.2 Å². The van der Waals surface area contributed by atoms with Crippen LogP contribution in [0.4, 0.5) is 17.6 Å². The second-order valence-electron chi connectivity index (χ2n) is 4.21. The molecule has 0 aliphatic rings. The molecule has 1 unspecified atom stereocenters. The molecule has 1 N–H and O–H groups in total. The van der Waals surface area contributed by atoms with Crippen molar-refractivity contribution in [1.29, 1.82) is 0 Å². The average molecular weight is 291 g/mol. The van der Waals surface area contributed by atoms with Gasteiger partial charge in [-0.2, -0.15) is 13.2 Å². The van der Waals surface area contributed by atoms with Gasteiger partial charge in [0.25, 0.3) is 5.91 Å². The maximum Gasteiger partial charge on any atom is 0.419 e. The maximum atomic E-state index is 13.1. The first-order valence-electron chi connectivity index (χ1n) is 5.87. The Hall–Kier alpha value is -1.92. The molecular formula is C13H13F4NO2. The van der Waals surface area contributed by atoms with Gasteiger partial charge in [-0.15, -0.1) is 0 Å². The molecule has 0 saturated heterocycles. The van der Waals surface area contributed by atoms with Gasteiger partial charge in [0, 0.05) is 12.0 Å². The smallest absolute Gasteiger partial charge is 0.343 e. The van der Waals surface area contributed by atoms with Crippen LogP contribution in [0.15, 0.2) is 18.2 Å². The summed E-state index contributed by atoms with van der Waals surface area (Å²) >= 11 is 0. The van der Waals surface area contributed by atoms with Gasteiger partial charge in [-0.3, -0.25) is 9.59 Å². The van der Waals surface area contributed by atoms with Crippen molar-refractivity contribution >= 4 is 11.7 Å². The van der Waals surface area contributed by atoms with Gasteiger partial charge in [-0.25, -0.2) is 4.39 Å². The molecule has 20 heavy (non-hydrogen) atoms. The van der Waals surface area contributed by atoms with Crippen LogP contribution in [0.5, 0.6) is 0 Å². The molecule has 0 heterocycles. The van der Waals surface area contributed by atoms with Crippen molar-refractivity contribution in [3.63, 3.8) is 0 Å². The third-order valence-electron chi connectivity index (χ3n) is 2.71. The molecule has 1 amide bonds. The Kier molecular flexibility index (Phi) is 4.86. The highest BCUT2D eigenvalue weighted by molar-refractivity contribution is 5.97. The predicted molar refractivity (Wildman–Crippen MR) is 63.6 cm³/mol. The summed E-state index contributed by atoms with van der Waals surface area (Å²) < 4.78 is 50.6. The van der Waals surface area contributed by atoms with E-state index in [4.69, 9.17) is 0 Å². The van der Waals surface area contributed by atoms with E-state index in [0.717, 1.165) is 6.07 Å². The molecule has 1 atom stereocenters. The zero-order valence-corrected chi connectivity index (χ0v) is 10.8. The summed E-state index contributed by atoms with van der Waals surface area (Å²) in [6, 6.07) is 1.12. The van der Waals surface area contributed by atoms with Crippen LogP contribution in [0, 0.1) is 5.82 Å². The number of ketones is 1. The molecule has 0 aromatic heterocycles. The number of nitrogens with one attached hydrogen (secondary N) is 1. The number of halogens is 4. The zero-order valence-electron chi connectivity index (χ0n) is 10.8. The lowest BCUT2D eigenvalue weighted by atomic mass is 10.1. The first kappa shape index (κ1) is 16.1. The number of hydrogen-bond donors (Lipinski definition) is 1. The Balaban J connectivity index is 2.98. The highest BCUT2D eigenvalue weighted by Gasteiger charge is 2.34. The van der Waals surface area contributed by atoms with Crippen molar-refractivity contribution in [3.8, 4) is 0 Å². The number of carbonyl (C=O) groups excluding carboxylic acids is 2. The van der Waals surface area contributed by atoms with E-state index in [1.165, 1.54) is 6.92 Å². The second kappa shape index (κ2) is 6.02. The van der Waals surface area contributed by atoms with Crippen LogP contribution < -0.4 is 5.32 Å². The van der Waals surface area contributed by atoms with Crippen molar-refractivity contribution in [2.75, 3.05) is 0 Å². The minimum Gasteiger partial charge on any atom is -0.343 e. The SMILES string of the molecule is CCC(=O)C(C)NC(=O)c1ccc(F)c(C(F)(F)F)c1. The van der Waals surface area contributed by atoms with E-state index in [1.807, 2.05) is 0 Å². The molecule has 1 aromatic carbocycles. The maximum absolute atomic E-state index is 13.1. The van der Waals surface area contributed by atoms with Crippen LogP contribution in [0.2, 0.25) is 0 Å². The molecule has 0 spiro atoms. The zero-order chi connectivity index (χ0) is 15.5. The third kappa shape index (κ3) is 3.79. The standard InChI is InChI=1S/C13H13F4NO2/c1-3-11(19)7(2)18-12(20)8-4-5-10(14)9(6-8)13(15,16)17/h4-7H,3H2,1-2H3,(H,18,20). The Morgan fingerprint density at radius 1 is 1.30 bits per heavy atom. The molecule has 110 valence electrons. The Labute approximate surface area is 113 Å². The fraction of sp³-hybridized carbons (Fsp3) is 0.385. The van der Waals surface area contributed by atoms with E-state index in [9.17, 15) is 27.2 Å². The van der Waals surface area contributed by atoms with Crippen LogP contribution in [0.3, 0.4) is 0 Å². The van der Waals surface area contributed by atoms with E-state index in [1.54, 1.807) is 6.92 Å². The summed E-state index contributed by atoms with van der Waals surface area (Å²) in [5, 5.41) is 2.27. The molecule has 3 nitrogen and oxygen atoms in total. The molecule has 0 bridgehead atoms. The number of amides is 1. The fourth-order valence-corrected chi connectivity index (χ4v) is 1.55. The van der Waals surface area contributed by atoms with Gasteiger partial charge >= 0.3 is 6.18 Å². The lowest BCUT2D eigenvalue weighted by Gasteiger charge is -2.13. The van der Waals surface area contributed by atoms with Crippen molar-refractivity contribution in [1.82, 2.24) is 5.32 Å². The third-order valence-corrected chi connectivity index (χ3v) is 2.71. The summed E-state index contributed by atoms with van der Waals surface area (Å²) in [4.78, 5) is 23.0. The number of carbonyl (C=O) groups is 2. The van der Waals surface area contributed by atoms with Crippen molar-refractivity contribution in [2.45, 2.75) is 32.5 Å². The first-order valence-corrected chi connectivity index (χ1v) is 5.87. The molecule has 0 radical (unpaired) electrons. The normalized spacial score (nSPS) is 12.9. The lowest BCUT2D eigenvalue weighted by molar-refractivity contribution is -0.140. The Bertz CT molecular complexity index is 526. The van der Waals surface area contributed by atoms with Crippen molar-refractivity contribution in [2.24, 2.45) is 0 Å². The Morgan fingerprint density at radius 3 is 2.40 bits per heavy atom. The number of hydrogen-bond acceptors (Lipinski definition) is 2.